The number of carbonyl (C=O) groups excluding carboxylic acids is 1. The van der Waals surface area contributed by atoms with E-state index in [1.807, 2.05) is 30.0 Å². The minimum absolute atomic E-state index is 0.0952. The van der Waals surface area contributed by atoms with Crippen LogP contribution in [0.5, 0.6) is 5.75 Å². The first kappa shape index (κ1) is 14.4. The van der Waals surface area contributed by atoms with E-state index in [9.17, 15) is 4.79 Å². The molecule has 114 valence electrons. The summed E-state index contributed by atoms with van der Waals surface area (Å²) in [5.74, 6) is 0.865. The molecule has 2 saturated heterocycles. The van der Waals surface area contributed by atoms with Gasteiger partial charge in [0, 0.05) is 37.8 Å². The first-order chi connectivity index (χ1) is 10.2. The van der Waals surface area contributed by atoms with E-state index in [1.165, 1.54) is 0 Å². The Morgan fingerprint density at radius 1 is 1.29 bits per heavy atom. The van der Waals surface area contributed by atoms with Crippen molar-refractivity contribution in [2.45, 2.75) is 13.0 Å². The van der Waals surface area contributed by atoms with E-state index in [0.29, 0.717) is 11.6 Å². The van der Waals surface area contributed by atoms with Gasteiger partial charge in [-0.3, -0.25) is 9.69 Å². The Morgan fingerprint density at radius 2 is 2.00 bits per heavy atom. The highest BCUT2D eigenvalue weighted by molar-refractivity contribution is 5.95. The van der Waals surface area contributed by atoms with Crippen molar-refractivity contribution >= 4 is 5.91 Å². The van der Waals surface area contributed by atoms with Crippen LogP contribution >= 0.6 is 0 Å². The molecule has 1 aromatic rings. The smallest absolute Gasteiger partial charge is 0.254 e. The van der Waals surface area contributed by atoms with Gasteiger partial charge >= 0.3 is 0 Å². The number of likely N-dealkylation sites (tertiary alicyclic amines) is 1. The number of methoxy groups -OCH3 is 1. The van der Waals surface area contributed by atoms with Crippen LogP contribution in [-0.4, -0.2) is 68.3 Å². The summed E-state index contributed by atoms with van der Waals surface area (Å²) in [7, 11) is 1.63. The summed E-state index contributed by atoms with van der Waals surface area (Å²) in [5, 5.41) is 0. The van der Waals surface area contributed by atoms with Crippen molar-refractivity contribution in [3.63, 3.8) is 0 Å². The predicted molar refractivity (Wildman–Crippen MR) is 79.8 cm³/mol. The molecule has 0 unspecified atom stereocenters. The van der Waals surface area contributed by atoms with Crippen molar-refractivity contribution in [2.24, 2.45) is 0 Å². The number of ether oxygens (including phenoxy) is 2. The number of benzene rings is 1. The van der Waals surface area contributed by atoms with E-state index < -0.39 is 0 Å². The second-order valence-corrected chi connectivity index (χ2v) is 5.70. The van der Waals surface area contributed by atoms with Gasteiger partial charge in [-0.05, 0) is 24.6 Å². The maximum Gasteiger partial charge on any atom is 0.254 e. The van der Waals surface area contributed by atoms with Gasteiger partial charge in [0.05, 0.1) is 20.3 Å². The molecular formula is C16H22N2O3. The van der Waals surface area contributed by atoms with E-state index in [2.05, 4.69) is 4.90 Å². The van der Waals surface area contributed by atoms with E-state index >= 15 is 0 Å². The maximum absolute atomic E-state index is 12.5. The molecule has 3 rings (SSSR count). The number of hydrogen-bond donors (Lipinski definition) is 0. The van der Waals surface area contributed by atoms with Crippen molar-refractivity contribution in [3.05, 3.63) is 29.3 Å². The average Bonchev–Trinajstić information content (AvgIpc) is 2.47. The first-order valence-corrected chi connectivity index (χ1v) is 7.45. The summed E-state index contributed by atoms with van der Waals surface area (Å²) in [5.41, 5.74) is 1.75. The van der Waals surface area contributed by atoms with Crippen molar-refractivity contribution in [1.82, 2.24) is 9.80 Å². The van der Waals surface area contributed by atoms with Crippen LogP contribution in [0.1, 0.15) is 15.9 Å². The molecule has 2 fully saturated rings. The molecule has 21 heavy (non-hydrogen) atoms. The minimum atomic E-state index is 0.0952. The Hall–Kier alpha value is -1.59. The molecule has 5 nitrogen and oxygen atoms in total. The molecule has 2 aliphatic rings. The fraction of sp³-hybridized carbons (Fsp3) is 0.562. The Bertz CT molecular complexity index is 520. The third kappa shape index (κ3) is 2.89. The van der Waals surface area contributed by atoms with Crippen molar-refractivity contribution in [3.8, 4) is 5.75 Å². The second-order valence-electron chi connectivity index (χ2n) is 5.70. The van der Waals surface area contributed by atoms with Crippen LogP contribution in [0, 0.1) is 6.92 Å². The van der Waals surface area contributed by atoms with Gasteiger partial charge < -0.3 is 14.4 Å². The molecule has 0 bridgehead atoms. The molecule has 0 aliphatic carbocycles. The molecule has 0 spiro atoms. The van der Waals surface area contributed by atoms with Crippen LogP contribution in [0.15, 0.2) is 18.2 Å². The third-order valence-corrected chi connectivity index (χ3v) is 4.37. The molecule has 2 heterocycles. The van der Waals surface area contributed by atoms with Crippen molar-refractivity contribution in [2.75, 3.05) is 46.5 Å². The Labute approximate surface area is 125 Å². The highest BCUT2D eigenvalue weighted by atomic mass is 16.5. The normalized spacial score (nSPS) is 20.2. The van der Waals surface area contributed by atoms with E-state index in [1.54, 1.807) is 7.11 Å². The standard InChI is InChI=1S/C16H22N2O3/c1-12-3-4-13(9-15(12)20-2)16(19)18-10-14(11-18)17-5-7-21-8-6-17/h3-4,9,14H,5-8,10-11H2,1-2H3. The predicted octanol–water partition coefficient (Wildman–Crippen LogP) is 1.16. The number of morpholine rings is 1. The van der Waals surface area contributed by atoms with Gasteiger partial charge in [-0.15, -0.1) is 0 Å². The van der Waals surface area contributed by atoms with E-state index in [4.69, 9.17) is 9.47 Å². The van der Waals surface area contributed by atoms with E-state index in [0.717, 1.165) is 50.7 Å². The zero-order valence-corrected chi connectivity index (χ0v) is 12.7. The number of carbonyl (C=O) groups is 1. The van der Waals surface area contributed by atoms with Gasteiger partial charge in [0.2, 0.25) is 0 Å². The summed E-state index contributed by atoms with van der Waals surface area (Å²) in [6.45, 7) is 7.17. The van der Waals surface area contributed by atoms with Crippen LogP contribution < -0.4 is 4.74 Å². The molecule has 5 heteroatoms. The largest absolute Gasteiger partial charge is 0.496 e. The summed E-state index contributed by atoms with van der Waals surface area (Å²) < 4.78 is 10.7. The molecule has 0 atom stereocenters. The lowest BCUT2D eigenvalue weighted by atomic mass is 10.0. The lowest BCUT2D eigenvalue weighted by Gasteiger charge is -2.46. The van der Waals surface area contributed by atoms with Gasteiger partial charge in [0.1, 0.15) is 5.75 Å². The number of amides is 1. The Kier molecular flexibility index (Phi) is 4.12. The fourth-order valence-corrected chi connectivity index (χ4v) is 2.93. The highest BCUT2D eigenvalue weighted by Crippen LogP contribution is 2.23. The number of nitrogens with zero attached hydrogens (tertiary/aromatic N) is 2. The zero-order chi connectivity index (χ0) is 14.8. The van der Waals surface area contributed by atoms with Crippen molar-refractivity contribution in [1.29, 1.82) is 0 Å². The van der Waals surface area contributed by atoms with Crippen LogP contribution in [0.25, 0.3) is 0 Å². The first-order valence-electron chi connectivity index (χ1n) is 7.45. The summed E-state index contributed by atoms with van der Waals surface area (Å²) in [6, 6.07) is 6.14. The maximum atomic E-state index is 12.5. The second kappa shape index (κ2) is 6.03. The topological polar surface area (TPSA) is 42.0 Å². The summed E-state index contributed by atoms with van der Waals surface area (Å²) in [4.78, 5) is 16.8. The summed E-state index contributed by atoms with van der Waals surface area (Å²) in [6.07, 6.45) is 0. The Morgan fingerprint density at radius 3 is 2.67 bits per heavy atom. The monoisotopic (exact) mass is 290 g/mol. The number of rotatable bonds is 3. The molecular weight excluding hydrogens is 268 g/mol. The van der Waals surface area contributed by atoms with Gasteiger partial charge in [0.15, 0.2) is 0 Å². The molecule has 2 aliphatic heterocycles. The summed E-state index contributed by atoms with van der Waals surface area (Å²) >= 11 is 0. The van der Waals surface area contributed by atoms with Gasteiger partial charge in [-0.1, -0.05) is 6.07 Å². The SMILES string of the molecule is COc1cc(C(=O)N2CC(N3CCOCC3)C2)ccc1C. The average molecular weight is 290 g/mol. The number of hydrogen-bond acceptors (Lipinski definition) is 4. The van der Waals surface area contributed by atoms with Crippen LogP contribution in [-0.2, 0) is 4.74 Å². The molecule has 0 N–H and O–H groups in total. The quantitative estimate of drug-likeness (QED) is 0.838. The van der Waals surface area contributed by atoms with E-state index in [-0.39, 0.29) is 5.91 Å². The molecule has 1 amide bonds. The lowest BCUT2D eigenvalue weighted by molar-refractivity contribution is -0.0256. The van der Waals surface area contributed by atoms with Crippen molar-refractivity contribution < 1.29 is 14.3 Å². The zero-order valence-electron chi connectivity index (χ0n) is 12.7. The lowest BCUT2D eigenvalue weighted by Crippen LogP contribution is -2.62. The Balaban J connectivity index is 1.60. The fourth-order valence-electron chi connectivity index (χ4n) is 2.93. The van der Waals surface area contributed by atoms with Crippen LogP contribution in [0.4, 0.5) is 0 Å². The number of aryl methyl sites for hydroxylation is 1. The highest BCUT2D eigenvalue weighted by Gasteiger charge is 2.35. The molecule has 0 aromatic heterocycles. The van der Waals surface area contributed by atoms with Gasteiger partial charge in [0.25, 0.3) is 5.91 Å². The van der Waals surface area contributed by atoms with Gasteiger partial charge in [-0.25, -0.2) is 0 Å². The van der Waals surface area contributed by atoms with Crippen LogP contribution in [0.2, 0.25) is 0 Å². The molecule has 1 aromatic carbocycles. The molecule has 0 radical (unpaired) electrons. The van der Waals surface area contributed by atoms with Crippen LogP contribution in [0.3, 0.4) is 0 Å². The molecule has 0 saturated carbocycles. The third-order valence-electron chi connectivity index (χ3n) is 4.37. The minimum Gasteiger partial charge on any atom is -0.496 e. The van der Waals surface area contributed by atoms with Gasteiger partial charge in [-0.2, -0.15) is 0 Å².